The summed E-state index contributed by atoms with van der Waals surface area (Å²) in [4.78, 5) is 11.4. The Morgan fingerprint density at radius 1 is 1.31 bits per heavy atom. The third-order valence-electron chi connectivity index (χ3n) is 2.51. The second kappa shape index (κ2) is 7.60. The number of nitrogens with two attached hydrogens (primary N) is 1. The Bertz CT molecular complexity index is 206. The molecular formula is C11H21NO4. The lowest BCUT2D eigenvalue weighted by molar-refractivity contribution is -0.146. The molecule has 0 aliphatic heterocycles. The van der Waals surface area contributed by atoms with Crippen LogP contribution in [-0.2, 0) is 19.0 Å². The van der Waals surface area contributed by atoms with Crippen LogP contribution in [0, 0.1) is 5.92 Å². The van der Waals surface area contributed by atoms with Gasteiger partial charge in [-0.1, -0.05) is 0 Å². The molecule has 1 atom stereocenters. The summed E-state index contributed by atoms with van der Waals surface area (Å²) in [5, 5.41) is 0. The predicted molar refractivity (Wildman–Crippen MR) is 59.0 cm³/mol. The lowest BCUT2D eigenvalue weighted by atomic mass is 10.2. The largest absolute Gasteiger partial charge is 0.464 e. The summed E-state index contributed by atoms with van der Waals surface area (Å²) >= 11 is 0. The molecule has 0 bridgehead atoms. The van der Waals surface area contributed by atoms with Crippen molar-refractivity contribution >= 4 is 5.97 Å². The average Bonchev–Trinajstić information content (AvgIpc) is 3.10. The summed E-state index contributed by atoms with van der Waals surface area (Å²) in [6.07, 6.45) is 2.81. The second-order valence-corrected chi connectivity index (χ2v) is 3.99. The Morgan fingerprint density at radius 3 is 2.69 bits per heavy atom. The molecule has 0 saturated heterocycles. The molecule has 0 spiro atoms. The molecule has 5 heteroatoms. The molecule has 0 aromatic carbocycles. The van der Waals surface area contributed by atoms with Crippen molar-refractivity contribution in [2.45, 2.75) is 25.3 Å². The fourth-order valence-electron chi connectivity index (χ4n) is 1.32. The first-order valence-corrected chi connectivity index (χ1v) is 5.74. The SMILES string of the molecule is COCCOCCCOC(=O)C(N)C1CC1. The summed E-state index contributed by atoms with van der Waals surface area (Å²) < 4.78 is 15.1. The molecule has 1 rings (SSSR count). The molecule has 2 N–H and O–H groups in total. The standard InChI is InChI=1S/C11H21NO4/c1-14-7-8-15-5-2-6-16-11(13)10(12)9-3-4-9/h9-10H,2-8,12H2,1H3. The first-order chi connectivity index (χ1) is 7.75. The molecular weight excluding hydrogens is 210 g/mol. The Balaban J connectivity index is 1.88. The van der Waals surface area contributed by atoms with E-state index >= 15 is 0 Å². The van der Waals surface area contributed by atoms with Gasteiger partial charge in [0.1, 0.15) is 6.04 Å². The maximum atomic E-state index is 11.4. The Hall–Kier alpha value is -0.650. The van der Waals surface area contributed by atoms with Crippen molar-refractivity contribution in [3.05, 3.63) is 0 Å². The van der Waals surface area contributed by atoms with Crippen LogP contribution >= 0.6 is 0 Å². The van der Waals surface area contributed by atoms with Crippen molar-refractivity contribution < 1.29 is 19.0 Å². The molecule has 5 nitrogen and oxygen atoms in total. The highest BCUT2D eigenvalue weighted by molar-refractivity contribution is 5.76. The number of rotatable bonds is 9. The Kier molecular flexibility index (Phi) is 6.37. The van der Waals surface area contributed by atoms with E-state index in [1.165, 1.54) is 0 Å². The normalized spacial score (nSPS) is 17.1. The fourth-order valence-corrected chi connectivity index (χ4v) is 1.32. The third kappa shape index (κ3) is 5.44. The van der Waals surface area contributed by atoms with E-state index < -0.39 is 6.04 Å². The average molecular weight is 231 g/mol. The zero-order valence-electron chi connectivity index (χ0n) is 9.81. The van der Waals surface area contributed by atoms with Gasteiger partial charge in [0, 0.05) is 20.1 Å². The second-order valence-electron chi connectivity index (χ2n) is 3.99. The number of ether oxygens (including phenoxy) is 3. The lowest BCUT2D eigenvalue weighted by Crippen LogP contribution is -2.34. The van der Waals surface area contributed by atoms with Crippen LogP contribution in [0.3, 0.4) is 0 Å². The fraction of sp³-hybridized carbons (Fsp3) is 0.909. The van der Waals surface area contributed by atoms with Crippen LogP contribution in [0.2, 0.25) is 0 Å². The number of esters is 1. The minimum Gasteiger partial charge on any atom is -0.464 e. The molecule has 0 heterocycles. The minimum atomic E-state index is -0.422. The molecule has 0 aromatic rings. The molecule has 0 aromatic heterocycles. The topological polar surface area (TPSA) is 70.8 Å². The van der Waals surface area contributed by atoms with Gasteiger partial charge in [0.2, 0.25) is 0 Å². The van der Waals surface area contributed by atoms with Gasteiger partial charge in [-0.15, -0.1) is 0 Å². The smallest absolute Gasteiger partial charge is 0.323 e. The van der Waals surface area contributed by atoms with E-state index in [1.54, 1.807) is 7.11 Å². The molecule has 1 unspecified atom stereocenters. The van der Waals surface area contributed by atoms with Crippen molar-refractivity contribution in [3.63, 3.8) is 0 Å². The van der Waals surface area contributed by atoms with Gasteiger partial charge in [0.05, 0.1) is 19.8 Å². The van der Waals surface area contributed by atoms with E-state index in [0.717, 1.165) is 12.8 Å². The summed E-state index contributed by atoms with van der Waals surface area (Å²) in [6.45, 7) is 2.12. The summed E-state index contributed by atoms with van der Waals surface area (Å²) in [5.74, 6) is 0.0739. The zero-order chi connectivity index (χ0) is 11.8. The quantitative estimate of drug-likeness (QED) is 0.457. The first-order valence-electron chi connectivity index (χ1n) is 5.74. The summed E-state index contributed by atoms with van der Waals surface area (Å²) in [5.41, 5.74) is 5.68. The minimum absolute atomic E-state index is 0.278. The van der Waals surface area contributed by atoms with Gasteiger partial charge in [-0.05, 0) is 18.8 Å². The predicted octanol–water partition coefficient (Wildman–Crippen LogP) is 0.320. The molecule has 1 aliphatic carbocycles. The van der Waals surface area contributed by atoms with Crippen molar-refractivity contribution in [2.24, 2.45) is 11.7 Å². The Morgan fingerprint density at radius 2 is 2.06 bits per heavy atom. The van der Waals surface area contributed by atoms with Crippen LogP contribution in [0.4, 0.5) is 0 Å². The molecule has 1 saturated carbocycles. The summed E-state index contributed by atoms with van der Waals surface area (Å²) in [6, 6.07) is -0.422. The van der Waals surface area contributed by atoms with Gasteiger partial charge in [-0.2, -0.15) is 0 Å². The van der Waals surface area contributed by atoms with Crippen LogP contribution in [-0.4, -0.2) is 45.5 Å². The van der Waals surface area contributed by atoms with Gasteiger partial charge in [0.25, 0.3) is 0 Å². The van der Waals surface area contributed by atoms with Gasteiger partial charge in [0.15, 0.2) is 0 Å². The molecule has 16 heavy (non-hydrogen) atoms. The first kappa shape index (κ1) is 13.4. The monoisotopic (exact) mass is 231 g/mol. The highest BCUT2D eigenvalue weighted by Crippen LogP contribution is 2.31. The third-order valence-corrected chi connectivity index (χ3v) is 2.51. The lowest BCUT2D eigenvalue weighted by Gasteiger charge is -2.10. The van der Waals surface area contributed by atoms with Gasteiger partial charge >= 0.3 is 5.97 Å². The van der Waals surface area contributed by atoms with Gasteiger partial charge in [-0.25, -0.2) is 0 Å². The van der Waals surface area contributed by atoms with E-state index in [9.17, 15) is 4.79 Å². The van der Waals surface area contributed by atoms with Crippen LogP contribution in [0.5, 0.6) is 0 Å². The molecule has 1 aliphatic rings. The van der Waals surface area contributed by atoms with E-state index in [0.29, 0.717) is 38.8 Å². The highest BCUT2D eigenvalue weighted by atomic mass is 16.5. The van der Waals surface area contributed by atoms with E-state index in [1.807, 2.05) is 0 Å². The van der Waals surface area contributed by atoms with Gasteiger partial charge in [-0.3, -0.25) is 4.79 Å². The maximum absolute atomic E-state index is 11.4. The van der Waals surface area contributed by atoms with Crippen molar-refractivity contribution in [3.8, 4) is 0 Å². The number of methoxy groups -OCH3 is 1. The molecule has 1 fully saturated rings. The van der Waals surface area contributed by atoms with E-state index in [4.69, 9.17) is 19.9 Å². The van der Waals surface area contributed by atoms with Crippen LogP contribution in [0.15, 0.2) is 0 Å². The van der Waals surface area contributed by atoms with Crippen molar-refractivity contribution in [1.82, 2.24) is 0 Å². The van der Waals surface area contributed by atoms with E-state index in [-0.39, 0.29) is 5.97 Å². The van der Waals surface area contributed by atoms with Crippen LogP contribution < -0.4 is 5.73 Å². The van der Waals surface area contributed by atoms with Crippen molar-refractivity contribution in [2.75, 3.05) is 33.5 Å². The van der Waals surface area contributed by atoms with Crippen molar-refractivity contribution in [1.29, 1.82) is 0 Å². The molecule has 0 radical (unpaired) electrons. The highest BCUT2D eigenvalue weighted by Gasteiger charge is 2.34. The van der Waals surface area contributed by atoms with Crippen LogP contribution in [0.25, 0.3) is 0 Å². The van der Waals surface area contributed by atoms with Gasteiger partial charge < -0.3 is 19.9 Å². The Labute approximate surface area is 96.2 Å². The molecule has 0 amide bonds. The number of hydrogen-bond acceptors (Lipinski definition) is 5. The maximum Gasteiger partial charge on any atom is 0.323 e. The van der Waals surface area contributed by atoms with E-state index in [2.05, 4.69) is 0 Å². The molecule has 94 valence electrons. The zero-order valence-corrected chi connectivity index (χ0v) is 9.81. The number of carbonyl (C=O) groups is 1. The summed E-state index contributed by atoms with van der Waals surface area (Å²) in [7, 11) is 1.63. The van der Waals surface area contributed by atoms with Crippen LogP contribution in [0.1, 0.15) is 19.3 Å². The number of hydrogen-bond donors (Lipinski definition) is 1. The number of carbonyl (C=O) groups excluding carboxylic acids is 1.